The van der Waals surface area contributed by atoms with E-state index in [4.69, 9.17) is 10.5 Å². The highest BCUT2D eigenvalue weighted by molar-refractivity contribution is 5.37. The molecule has 0 radical (unpaired) electrons. The van der Waals surface area contributed by atoms with Gasteiger partial charge in [-0.3, -0.25) is 0 Å². The lowest BCUT2D eigenvalue weighted by atomic mass is 9.84. The van der Waals surface area contributed by atoms with Crippen molar-refractivity contribution in [2.75, 3.05) is 26.7 Å². The van der Waals surface area contributed by atoms with Crippen molar-refractivity contribution in [3.63, 3.8) is 0 Å². The van der Waals surface area contributed by atoms with Crippen molar-refractivity contribution in [3.8, 4) is 5.75 Å². The Morgan fingerprint density at radius 3 is 2.84 bits per heavy atom. The number of rotatable bonds is 5. The molecule has 0 amide bonds. The zero-order chi connectivity index (χ0) is 13.7. The highest BCUT2D eigenvalue weighted by Gasteiger charge is 2.30. The Labute approximate surface area is 116 Å². The van der Waals surface area contributed by atoms with Crippen LogP contribution in [0.4, 0.5) is 0 Å². The molecule has 2 unspecified atom stereocenters. The number of benzene rings is 1. The van der Waals surface area contributed by atoms with Crippen molar-refractivity contribution < 1.29 is 4.74 Å². The highest BCUT2D eigenvalue weighted by atomic mass is 16.5. The van der Waals surface area contributed by atoms with Crippen LogP contribution in [-0.4, -0.2) is 37.7 Å². The van der Waals surface area contributed by atoms with E-state index in [-0.39, 0.29) is 0 Å². The second-order valence-electron chi connectivity index (χ2n) is 5.28. The number of likely N-dealkylation sites (N-methyl/N-ethyl adjacent to an activating group) is 1. The molecule has 106 valence electrons. The minimum Gasteiger partial charge on any atom is -0.496 e. The first-order chi connectivity index (χ1) is 9.31. The van der Waals surface area contributed by atoms with E-state index in [1.54, 1.807) is 7.11 Å². The molecule has 1 aliphatic rings. The molecule has 1 fully saturated rings. The van der Waals surface area contributed by atoms with E-state index >= 15 is 0 Å². The van der Waals surface area contributed by atoms with Crippen LogP contribution in [0.3, 0.4) is 0 Å². The van der Waals surface area contributed by atoms with Crippen molar-refractivity contribution in [2.24, 2.45) is 5.73 Å². The van der Waals surface area contributed by atoms with Crippen LogP contribution in [0.1, 0.15) is 37.7 Å². The summed E-state index contributed by atoms with van der Waals surface area (Å²) in [5.41, 5.74) is 7.36. The molecule has 0 aromatic heterocycles. The van der Waals surface area contributed by atoms with Gasteiger partial charge in [-0.25, -0.2) is 0 Å². The standard InChI is InChI=1S/C16H26N2O/c1-3-18-11-7-6-9-15(18)14(12-17)13-8-4-5-10-16(13)19-2/h4-5,8,10,14-15H,3,6-7,9,11-12,17H2,1-2H3. The van der Waals surface area contributed by atoms with Gasteiger partial charge in [-0.1, -0.05) is 31.5 Å². The third-order valence-corrected chi connectivity index (χ3v) is 4.33. The van der Waals surface area contributed by atoms with Crippen LogP contribution in [0.2, 0.25) is 0 Å². The highest BCUT2D eigenvalue weighted by Crippen LogP contribution is 2.34. The Morgan fingerprint density at radius 1 is 1.37 bits per heavy atom. The van der Waals surface area contributed by atoms with E-state index in [1.165, 1.54) is 31.4 Å². The third-order valence-electron chi connectivity index (χ3n) is 4.33. The zero-order valence-electron chi connectivity index (χ0n) is 12.1. The Bertz CT molecular complexity index is 394. The van der Waals surface area contributed by atoms with Gasteiger partial charge in [0.1, 0.15) is 5.75 Å². The summed E-state index contributed by atoms with van der Waals surface area (Å²) >= 11 is 0. The molecule has 2 atom stereocenters. The molecule has 1 aliphatic heterocycles. The van der Waals surface area contributed by atoms with E-state index in [9.17, 15) is 0 Å². The van der Waals surface area contributed by atoms with Gasteiger partial charge in [-0.15, -0.1) is 0 Å². The van der Waals surface area contributed by atoms with Crippen LogP contribution in [0.15, 0.2) is 24.3 Å². The Balaban J connectivity index is 2.27. The maximum atomic E-state index is 6.09. The van der Waals surface area contributed by atoms with Crippen molar-refractivity contribution >= 4 is 0 Å². The largest absolute Gasteiger partial charge is 0.496 e. The molecule has 1 saturated heterocycles. The first-order valence-corrected chi connectivity index (χ1v) is 7.38. The number of piperidine rings is 1. The molecule has 1 aromatic rings. The third kappa shape index (κ3) is 3.10. The number of nitrogens with zero attached hydrogens (tertiary/aromatic N) is 1. The van der Waals surface area contributed by atoms with E-state index in [0.717, 1.165) is 12.3 Å². The first-order valence-electron chi connectivity index (χ1n) is 7.38. The molecule has 0 bridgehead atoms. The Kier molecular flexibility index (Phi) is 5.23. The number of para-hydroxylation sites is 1. The van der Waals surface area contributed by atoms with Crippen molar-refractivity contribution in [2.45, 2.75) is 38.1 Å². The maximum absolute atomic E-state index is 6.09. The summed E-state index contributed by atoms with van der Waals surface area (Å²) in [4.78, 5) is 2.58. The second kappa shape index (κ2) is 6.92. The minimum absolute atomic E-state index is 0.372. The summed E-state index contributed by atoms with van der Waals surface area (Å²) < 4.78 is 5.51. The van der Waals surface area contributed by atoms with Gasteiger partial charge in [0.2, 0.25) is 0 Å². The van der Waals surface area contributed by atoms with Gasteiger partial charge in [0.15, 0.2) is 0 Å². The molecule has 1 aromatic carbocycles. The second-order valence-corrected chi connectivity index (χ2v) is 5.28. The fraction of sp³-hybridized carbons (Fsp3) is 0.625. The molecule has 0 spiro atoms. The van der Waals surface area contributed by atoms with Crippen LogP contribution in [0, 0.1) is 0 Å². The summed E-state index contributed by atoms with van der Waals surface area (Å²) in [6.07, 6.45) is 3.87. The smallest absolute Gasteiger partial charge is 0.122 e. The van der Waals surface area contributed by atoms with Gasteiger partial charge in [0, 0.05) is 24.1 Å². The number of nitrogens with two attached hydrogens (primary N) is 1. The van der Waals surface area contributed by atoms with Crippen LogP contribution >= 0.6 is 0 Å². The van der Waals surface area contributed by atoms with Crippen LogP contribution in [-0.2, 0) is 0 Å². The van der Waals surface area contributed by atoms with Crippen molar-refractivity contribution in [3.05, 3.63) is 29.8 Å². The Hall–Kier alpha value is -1.06. The van der Waals surface area contributed by atoms with Crippen LogP contribution < -0.4 is 10.5 Å². The first kappa shape index (κ1) is 14.4. The van der Waals surface area contributed by atoms with Gasteiger partial charge in [0.25, 0.3) is 0 Å². The summed E-state index contributed by atoms with van der Waals surface area (Å²) in [5.74, 6) is 1.34. The van der Waals surface area contributed by atoms with Crippen LogP contribution in [0.5, 0.6) is 5.75 Å². The molecule has 2 rings (SSSR count). The number of hydrogen-bond donors (Lipinski definition) is 1. The summed E-state index contributed by atoms with van der Waals surface area (Å²) in [6, 6.07) is 8.87. The predicted octanol–water partition coefficient (Wildman–Crippen LogP) is 2.61. The number of ether oxygens (including phenoxy) is 1. The average Bonchev–Trinajstić information content (AvgIpc) is 2.49. The van der Waals surface area contributed by atoms with Gasteiger partial charge in [-0.2, -0.15) is 0 Å². The molecule has 0 aliphatic carbocycles. The molecule has 2 N–H and O–H groups in total. The number of likely N-dealkylation sites (tertiary alicyclic amines) is 1. The van der Waals surface area contributed by atoms with E-state index in [2.05, 4.69) is 24.0 Å². The monoisotopic (exact) mass is 262 g/mol. The van der Waals surface area contributed by atoms with Gasteiger partial charge >= 0.3 is 0 Å². The molecule has 3 nitrogen and oxygen atoms in total. The fourth-order valence-electron chi connectivity index (χ4n) is 3.33. The number of methoxy groups -OCH3 is 1. The molecule has 0 saturated carbocycles. The summed E-state index contributed by atoms with van der Waals surface area (Å²) in [5, 5.41) is 0. The molecule has 19 heavy (non-hydrogen) atoms. The molecular weight excluding hydrogens is 236 g/mol. The average molecular weight is 262 g/mol. The normalized spacial score (nSPS) is 22.2. The van der Waals surface area contributed by atoms with Gasteiger partial charge < -0.3 is 15.4 Å². The van der Waals surface area contributed by atoms with E-state index in [1.807, 2.05) is 12.1 Å². The van der Waals surface area contributed by atoms with E-state index < -0.39 is 0 Å². The lowest BCUT2D eigenvalue weighted by Crippen LogP contribution is -2.45. The number of hydrogen-bond acceptors (Lipinski definition) is 3. The van der Waals surface area contributed by atoms with E-state index in [0.29, 0.717) is 18.5 Å². The Morgan fingerprint density at radius 2 is 2.16 bits per heavy atom. The zero-order valence-corrected chi connectivity index (χ0v) is 12.1. The van der Waals surface area contributed by atoms with Crippen molar-refractivity contribution in [1.82, 2.24) is 4.90 Å². The topological polar surface area (TPSA) is 38.5 Å². The lowest BCUT2D eigenvalue weighted by molar-refractivity contribution is 0.133. The minimum atomic E-state index is 0.372. The molecule has 1 heterocycles. The fourth-order valence-corrected chi connectivity index (χ4v) is 3.33. The van der Waals surface area contributed by atoms with Gasteiger partial charge in [-0.05, 0) is 32.0 Å². The van der Waals surface area contributed by atoms with Crippen LogP contribution in [0.25, 0.3) is 0 Å². The summed E-state index contributed by atoms with van der Waals surface area (Å²) in [7, 11) is 1.74. The maximum Gasteiger partial charge on any atom is 0.122 e. The summed E-state index contributed by atoms with van der Waals surface area (Å²) in [6.45, 7) is 5.23. The van der Waals surface area contributed by atoms with Gasteiger partial charge in [0.05, 0.1) is 7.11 Å². The van der Waals surface area contributed by atoms with Crippen molar-refractivity contribution in [1.29, 1.82) is 0 Å². The SMILES string of the molecule is CCN1CCCCC1C(CN)c1ccccc1OC. The quantitative estimate of drug-likeness (QED) is 0.886. The lowest BCUT2D eigenvalue weighted by Gasteiger charge is -2.40. The molecular formula is C16H26N2O. The molecule has 3 heteroatoms. The predicted molar refractivity (Wildman–Crippen MR) is 79.7 cm³/mol.